The van der Waals surface area contributed by atoms with Gasteiger partial charge in [-0.1, -0.05) is 0 Å². The van der Waals surface area contributed by atoms with Crippen LogP contribution in [-0.2, 0) is 22.6 Å². The highest BCUT2D eigenvalue weighted by atomic mass is 32.1. The number of thiophene rings is 1. The number of rotatable bonds is 6. The second kappa shape index (κ2) is 7.36. The first kappa shape index (κ1) is 19.5. The Morgan fingerprint density at radius 2 is 2.03 bits per heavy atom. The summed E-state index contributed by atoms with van der Waals surface area (Å²) < 4.78 is 5.58. The number of ether oxygens (including phenoxy) is 1. The van der Waals surface area contributed by atoms with Crippen molar-refractivity contribution in [3.05, 3.63) is 16.0 Å². The molecule has 29 heavy (non-hydrogen) atoms. The molecule has 3 unspecified atom stereocenters. The zero-order chi connectivity index (χ0) is 20.2. The molecule has 3 atom stereocenters. The molecule has 4 saturated carbocycles. The standard InChI is InChI=1S/C22H30N2O4S/c1-12(25)2-4-23-19(26)18-16-3-5-28-11-17(16)29-20(18)24-21(27)22-9-13-6-14(10-22)8-15(22)7-13/h12-15,25H,2-11H2,1H3,(H,23,26)(H,24,27). The fourth-order valence-electron chi connectivity index (χ4n) is 6.44. The average Bonchev–Trinajstić information content (AvgIpc) is 3.25. The van der Waals surface area contributed by atoms with E-state index in [2.05, 4.69) is 10.6 Å². The van der Waals surface area contributed by atoms with Crippen LogP contribution in [0.25, 0.3) is 0 Å². The van der Waals surface area contributed by atoms with E-state index in [1.807, 2.05) is 0 Å². The zero-order valence-electron chi connectivity index (χ0n) is 17.0. The van der Waals surface area contributed by atoms with E-state index in [9.17, 15) is 14.7 Å². The Bertz CT molecular complexity index is 819. The molecule has 2 amide bonds. The fourth-order valence-corrected chi connectivity index (χ4v) is 7.62. The fraction of sp³-hybridized carbons (Fsp3) is 0.727. The maximum absolute atomic E-state index is 13.5. The Labute approximate surface area is 175 Å². The quantitative estimate of drug-likeness (QED) is 0.663. The number of carbonyl (C=O) groups excluding carboxylic acids is 2. The minimum absolute atomic E-state index is 0.129. The van der Waals surface area contributed by atoms with E-state index in [4.69, 9.17) is 4.74 Å². The number of amides is 2. The molecule has 0 spiro atoms. The van der Waals surface area contributed by atoms with Crippen molar-refractivity contribution in [3.63, 3.8) is 0 Å². The van der Waals surface area contributed by atoms with Crippen molar-refractivity contribution in [2.45, 2.75) is 64.6 Å². The van der Waals surface area contributed by atoms with Crippen molar-refractivity contribution in [2.24, 2.45) is 23.2 Å². The largest absolute Gasteiger partial charge is 0.393 e. The van der Waals surface area contributed by atoms with E-state index in [-0.39, 0.29) is 17.2 Å². The monoisotopic (exact) mass is 418 g/mol. The number of carbonyl (C=O) groups is 2. The lowest BCUT2D eigenvalue weighted by atomic mass is 9.75. The summed E-state index contributed by atoms with van der Waals surface area (Å²) in [4.78, 5) is 27.5. The van der Waals surface area contributed by atoms with Crippen LogP contribution in [0, 0.1) is 23.2 Å². The van der Waals surface area contributed by atoms with Crippen LogP contribution >= 0.6 is 11.3 Å². The van der Waals surface area contributed by atoms with Gasteiger partial charge in [0.1, 0.15) is 5.00 Å². The van der Waals surface area contributed by atoms with Crippen molar-refractivity contribution >= 4 is 28.2 Å². The van der Waals surface area contributed by atoms with Crippen LogP contribution < -0.4 is 10.6 Å². The Kier molecular flexibility index (Phi) is 4.95. The maximum Gasteiger partial charge on any atom is 0.254 e. The third-order valence-corrected chi connectivity index (χ3v) is 8.68. The first-order valence-electron chi connectivity index (χ1n) is 11.0. The second-order valence-electron chi connectivity index (χ2n) is 9.56. The van der Waals surface area contributed by atoms with Crippen LogP contribution in [-0.4, -0.2) is 36.2 Å². The molecule has 0 radical (unpaired) electrons. The van der Waals surface area contributed by atoms with Gasteiger partial charge in [0.2, 0.25) is 5.91 Å². The van der Waals surface area contributed by atoms with Crippen molar-refractivity contribution in [2.75, 3.05) is 18.5 Å². The minimum Gasteiger partial charge on any atom is -0.393 e. The number of fused-ring (bicyclic) bond motifs is 1. The molecular formula is C22H30N2O4S. The van der Waals surface area contributed by atoms with Gasteiger partial charge >= 0.3 is 0 Å². The Balaban J connectivity index is 1.39. The molecule has 1 aliphatic heterocycles. The van der Waals surface area contributed by atoms with Gasteiger partial charge in [-0.25, -0.2) is 0 Å². The predicted octanol–water partition coefficient (Wildman–Crippen LogP) is 3.09. The molecule has 4 fully saturated rings. The summed E-state index contributed by atoms with van der Waals surface area (Å²) in [5.74, 6) is 1.92. The Morgan fingerprint density at radius 3 is 2.76 bits per heavy atom. The highest BCUT2D eigenvalue weighted by Gasteiger charge is 2.61. The summed E-state index contributed by atoms with van der Waals surface area (Å²) in [7, 11) is 0. The minimum atomic E-state index is -0.452. The molecule has 0 aromatic carbocycles. The highest BCUT2D eigenvalue weighted by Crippen LogP contribution is 2.65. The second-order valence-corrected chi connectivity index (χ2v) is 10.7. The summed E-state index contributed by atoms with van der Waals surface area (Å²) in [5, 5.41) is 16.3. The number of hydrogen-bond donors (Lipinski definition) is 3. The molecule has 6 rings (SSSR count). The van der Waals surface area contributed by atoms with E-state index in [0.717, 1.165) is 23.3 Å². The van der Waals surface area contributed by atoms with Crippen LogP contribution in [0.3, 0.4) is 0 Å². The van der Waals surface area contributed by atoms with E-state index in [0.29, 0.717) is 60.9 Å². The van der Waals surface area contributed by atoms with Gasteiger partial charge in [-0.05, 0) is 75.2 Å². The number of hydrogen-bond acceptors (Lipinski definition) is 5. The molecule has 158 valence electrons. The number of nitrogens with one attached hydrogen (secondary N) is 2. The average molecular weight is 419 g/mol. The molecule has 5 aliphatic rings. The van der Waals surface area contributed by atoms with Gasteiger partial charge < -0.3 is 20.5 Å². The molecule has 3 N–H and O–H groups in total. The zero-order valence-corrected chi connectivity index (χ0v) is 17.8. The molecule has 0 saturated heterocycles. The lowest BCUT2D eigenvalue weighted by molar-refractivity contribution is -0.127. The number of aliphatic hydroxyl groups is 1. The van der Waals surface area contributed by atoms with E-state index < -0.39 is 6.10 Å². The molecular weight excluding hydrogens is 388 g/mol. The van der Waals surface area contributed by atoms with Crippen LogP contribution in [0.15, 0.2) is 0 Å². The number of anilines is 1. The molecule has 4 bridgehead atoms. The summed E-state index contributed by atoms with van der Waals surface area (Å²) in [6.07, 6.45) is 6.49. The summed E-state index contributed by atoms with van der Waals surface area (Å²) in [5.41, 5.74) is 1.41. The summed E-state index contributed by atoms with van der Waals surface area (Å²) in [6, 6.07) is 0. The molecule has 6 nitrogen and oxygen atoms in total. The SMILES string of the molecule is CC(O)CCNC(=O)c1c(NC(=O)C23CC4CC(CC2C4)C3)sc2c1CCOC2. The van der Waals surface area contributed by atoms with Gasteiger partial charge in [-0.15, -0.1) is 11.3 Å². The molecule has 1 aromatic rings. The molecule has 4 aliphatic carbocycles. The van der Waals surface area contributed by atoms with Crippen molar-refractivity contribution in [3.8, 4) is 0 Å². The van der Waals surface area contributed by atoms with Gasteiger partial charge in [0.25, 0.3) is 5.91 Å². The van der Waals surface area contributed by atoms with Crippen molar-refractivity contribution < 1.29 is 19.4 Å². The van der Waals surface area contributed by atoms with E-state index >= 15 is 0 Å². The Hall–Kier alpha value is -1.44. The first-order chi connectivity index (χ1) is 14.0. The predicted molar refractivity (Wildman–Crippen MR) is 111 cm³/mol. The molecule has 1 aromatic heterocycles. The molecule has 7 heteroatoms. The van der Waals surface area contributed by atoms with Gasteiger partial charge in [0.05, 0.1) is 30.3 Å². The number of aliphatic hydroxyl groups excluding tert-OH is 1. The van der Waals surface area contributed by atoms with Gasteiger partial charge in [-0.3, -0.25) is 9.59 Å². The normalized spacial score (nSPS) is 32.8. The van der Waals surface area contributed by atoms with Crippen LogP contribution in [0.2, 0.25) is 0 Å². The van der Waals surface area contributed by atoms with Gasteiger partial charge in [0, 0.05) is 11.4 Å². The Morgan fingerprint density at radius 1 is 1.28 bits per heavy atom. The summed E-state index contributed by atoms with van der Waals surface area (Å²) in [6.45, 7) is 3.23. The van der Waals surface area contributed by atoms with Crippen molar-refractivity contribution in [1.82, 2.24) is 5.32 Å². The highest BCUT2D eigenvalue weighted by molar-refractivity contribution is 7.17. The van der Waals surface area contributed by atoms with Gasteiger partial charge in [0.15, 0.2) is 0 Å². The third-order valence-electron chi connectivity index (χ3n) is 7.56. The van der Waals surface area contributed by atoms with E-state index in [1.54, 1.807) is 6.92 Å². The van der Waals surface area contributed by atoms with Gasteiger partial charge in [-0.2, -0.15) is 0 Å². The maximum atomic E-state index is 13.5. The smallest absolute Gasteiger partial charge is 0.254 e. The van der Waals surface area contributed by atoms with Crippen LogP contribution in [0.1, 0.15) is 66.2 Å². The van der Waals surface area contributed by atoms with Crippen molar-refractivity contribution in [1.29, 1.82) is 0 Å². The molecule has 2 heterocycles. The topological polar surface area (TPSA) is 87.7 Å². The lowest BCUT2D eigenvalue weighted by Crippen LogP contribution is -2.38. The summed E-state index contributed by atoms with van der Waals surface area (Å²) >= 11 is 1.49. The third kappa shape index (κ3) is 3.31. The van der Waals surface area contributed by atoms with Crippen LogP contribution in [0.5, 0.6) is 0 Å². The first-order valence-corrected chi connectivity index (χ1v) is 11.8. The van der Waals surface area contributed by atoms with Crippen LogP contribution in [0.4, 0.5) is 5.00 Å². The van der Waals surface area contributed by atoms with E-state index in [1.165, 1.54) is 30.6 Å². The lowest BCUT2D eigenvalue weighted by Gasteiger charge is -2.31.